The van der Waals surface area contributed by atoms with Gasteiger partial charge in [-0.15, -0.1) is 0 Å². The SMILES string of the molecule is CC(C)(CC(N)=O)NC(=O)C(=O)NCCN. The highest BCUT2D eigenvalue weighted by molar-refractivity contribution is 6.35. The van der Waals surface area contributed by atoms with E-state index in [1.807, 2.05) is 0 Å². The predicted octanol–water partition coefficient (Wildman–Crippen LogP) is -2.17. The predicted molar refractivity (Wildman–Crippen MR) is 58.1 cm³/mol. The van der Waals surface area contributed by atoms with Gasteiger partial charge in [0.25, 0.3) is 0 Å². The number of carbonyl (C=O) groups excluding carboxylic acids is 3. The van der Waals surface area contributed by atoms with E-state index in [1.165, 1.54) is 0 Å². The van der Waals surface area contributed by atoms with Crippen molar-refractivity contribution < 1.29 is 14.4 Å². The van der Waals surface area contributed by atoms with Crippen LogP contribution in [0.2, 0.25) is 0 Å². The Kier molecular flexibility index (Phi) is 5.44. The molecular formula is C9H18N4O3. The van der Waals surface area contributed by atoms with E-state index in [-0.39, 0.29) is 19.5 Å². The Morgan fingerprint density at radius 2 is 1.75 bits per heavy atom. The molecule has 0 heterocycles. The van der Waals surface area contributed by atoms with Gasteiger partial charge in [0, 0.05) is 25.0 Å². The van der Waals surface area contributed by atoms with Gasteiger partial charge in [-0.2, -0.15) is 0 Å². The highest BCUT2D eigenvalue weighted by atomic mass is 16.2. The first-order valence-corrected chi connectivity index (χ1v) is 4.87. The summed E-state index contributed by atoms with van der Waals surface area (Å²) in [5.41, 5.74) is 9.32. The van der Waals surface area contributed by atoms with E-state index in [1.54, 1.807) is 13.8 Å². The van der Waals surface area contributed by atoms with Crippen molar-refractivity contribution in [1.82, 2.24) is 10.6 Å². The molecule has 0 aromatic rings. The molecule has 7 nitrogen and oxygen atoms in total. The molecule has 0 aliphatic heterocycles. The molecule has 0 saturated heterocycles. The molecule has 16 heavy (non-hydrogen) atoms. The standard InChI is InChI=1S/C9H18N4O3/c1-9(2,5-6(11)14)13-8(16)7(15)12-4-3-10/h3-5,10H2,1-2H3,(H2,11,14)(H,12,15)(H,13,16). The summed E-state index contributed by atoms with van der Waals surface area (Å²) >= 11 is 0. The molecule has 0 fully saturated rings. The number of rotatable bonds is 5. The number of hydrogen-bond donors (Lipinski definition) is 4. The first kappa shape index (κ1) is 14.4. The van der Waals surface area contributed by atoms with Gasteiger partial charge in [0.2, 0.25) is 5.91 Å². The van der Waals surface area contributed by atoms with Gasteiger partial charge in [-0.1, -0.05) is 0 Å². The summed E-state index contributed by atoms with van der Waals surface area (Å²) in [4.78, 5) is 33.2. The third-order valence-corrected chi connectivity index (χ3v) is 1.70. The lowest BCUT2D eigenvalue weighted by molar-refractivity contribution is -0.140. The Bertz CT molecular complexity index is 288. The number of amides is 3. The van der Waals surface area contributed by atoms with Crippen LogP contribution in [0.25, 0.3) is 0 Å². The topological polar surface area (TPSA) is 127 Å². The van der Waals surface area contributed by atoms with E-state index in [2.05, 4.69) is 10.6 Å². The van der Waals surface area contributed by atoms with Gasteiger partial charge in [0.1, 0.15) is 0 Å². The van der Waals surface area contributed by atoms with Crippen molar-refractivity contribution in [2.24, 2.45) is 11.5 Å². The summed E-state index contributed by atoms with van der Waals surface area (Å²) in [5.74, 6) is -2.13. The maximum absolute atomic E-state index is 11.3. The average molecular weight is 230 g/mol. The van der Waals surface area contributed by atoms with Crippen LogP contribution in [-0.4, -0.2) is 36.3 Å². The highest BCUT2D eigenvalue weighted by Crippen LogP contribution is 2.06. The third-order valence-electron chi connectivity index (χ3n) is 1.70. The van der Waals surface area contributed by atoms with Crippen molar-refractivity contribution in [2.75, 3.05) is 13.1 Å². The second kappa shape index (κ2) is 6.06. The molecule has 0 bridgehead atoms. The minimum absolute atomic E-state index is 0.0388. The molecule has 6 N–H and O–H groups in total. The zero-order valence-corrected chi connectivity index (χ0v) is 9.50. The molecule has 7 heteroatoms. The van der Waals surface area contributed by atoms with Crippen LogP contribution in [0, 0.1) is 0 Å². The number of hydrogen-bond acceptors (Lipinski definition) is 4. The number of carbonyl (C=O) groups is 3. The first-order chi connectivity index (χ1) is 7.28. The van der Waals surface area contributed by atoms with Crippen molar-refractivity contribution in [3.8, 4) is 0 Å². The number of nitrogens with one attached hydrogen (secondary N) is 2. The van der Waals surface area contributed by atoms with Crippen LogP contribution in [0.4, 0.5) is 0 Å². The van der Waals surface area contributed by atoms with Crippen molar-refractivity contribution in [2.45, 2.75) is 25.8 Å². The summed E-state index contributed by atoms with van der Waals surface area (Å²) in [6, 6.07) is 0. The van der Waals surface area contributed by atoms with Gasteiger partial charge in [-0.05, 0) is 13.8 Å². The number of primary amides is 1. The lowest BCUT2D eigenvalue weighted by Gasteiger charge is -2.24. The minimum Gasteiger partial charge on any atom is -0.370 e. The summed E-state index contributed by atoms with van der Waals surface area (Å²) in [7, 11) is 0. The fourth-order valence-electron chi connectivity index (χ4n) is 1.11. The normalized spacial score (nSPS) is 10.7. The molecule has 0 unspecified atom stereocenters. The van der Waals surface area contributed by atoms with E-state index in [9.17, 15) is 14.4 Å². The lowest BCUT2D eigenvalue weighted by atomic mass is 10.0. The zero-order chi connectivity index (χ0) is 12.8. The molecule has 0 aromatic heterocycles. The molecule has 0 radical (unpaired) electrons. The minimum atomic E-state index is -0.844. The van der Waals surface area contributed by atoms with E-state index in [0.29, 0.717) is 0 Å². The molecule has 0 aliphatic carbocycles. The van der Waals surface area contributed by atoms with E-state index in [4.69, 9.17) is 11.5 Å². The second-order valence-electron chi connectivity index (χ2n) is 4.03. The summed E-state index contributed by atoms with van der Waals surface area (Å²) in [5, 5.41) is 4.72. The molecular weight excluding hydrogens is 212 g/mol. The third kappa shape index (κ3) is 5.97. The van der Waals surface area contributed by atoms with Gasteiger partial charge < -0.3 is 22.1 Å². The smallest absolute Gasteiger partial charge is 0.309 e. The van der Waals surface area contributed by atoms with E-state index in [0.717, 1.165) is 0 Å². The monoisotopic (exact) mass is 230 g/mol. The number of nitrogens with two attached hydrogens (primary N) is 2. The molecule has 0 rings (SSSR count). The first-order valence-electron chi connectivity index (χ1n) is 4.87. The van der Waals surface area contributed by atoms with Crippen LogP contribution in [0.3, 0.4) is 0 Å². The van der Waals surface area contributed by atoms with Gasteiger partial charge in [0.15, 0.2) is 0 Å². The van der Waals surface area contributed by atoms with Crippen LogP contribution < -0.4 is 22.1 Å². The van der Waals surface area contributed by atoms with Crippen molar-refractivity contribution in [1.29, 1.82) is 0 Å². The molecule has 92 valence electrons. The largest absolute Gasteiger partial charge is 0.370 e. The van der Waals surface area contributed by atoms with Gasteiger partial charge in [-0.3, -0.25) is 14.4 Å². The van der Waals surface area contributed by atoms with Gasteiger partial charge >= 0.3 is 11.8 Å². The lowest BCUT2D eigenvalue weighted by Crippen LogP contribution is -2.51. The maximum Gasteiger partial charge on any atom is 0.309 e. The summed E-state index contributed by atoms with van der Waals surface area (Å²) in [6.45, 7) is 3.68. The van der Waals surface area contributed by atoms with E-state index >= 15 is 0 Å². The molecule has 3 amide bonds. The van der Waals surface area contributed by atoms with Gasteiger partial charge in [-0.25, -0.2) is 0 Å². The van der Waals surface area contributed by atoms with Crippen LogP contribution in [0.5, 0.6) is 0 Å². The molecule has 0 saturated carbocycles. The Morgan fingerprint density at radius 3 is 2.19 bits per heavy atom. The summed E-state index contributed by atoms with van der Waals surface area (Å²) in [6.07, 6.45) is -0.0388. The zero-order valence-electron chi connectivity index (χ0n) is 9.50. The summed E-state index contributed by atoms with van der Waals surface area (Å²) < 4.78 is 0. The molecule has 0 atom stereocenters. The molecule has 0 aliphatic rings. The average Bonchev–Trinajstić information content (AvgIpc) is 2.10. The Labute approximate surface area is 93.9 Å². The fraction of sp³-hybridized carbons (Fsp3) is 0.667. The Hall–Kier alpha value is -1.63. The second-order valence-corrected chi connectivity index (χ2v) is 4.03. The van der Waals surface area contributed by atoms with Crippen LogP contribution in [0.15, 0.2) is 0 Å². The van der Waals surface area contributed by atoms with E-state index < -0.39 is 23.3 Å². The Balaban J connectivity index is 4.21. The van der Waals surface area contributed by atoms with Crippen molar-refractivity contribution in [3.05, 3.63) is 0 Å². The van der Waals surface area contributed by atoms with Crippen molar-refractivity contribution in [3.63, 3.8) is 0 Å². The quantitative estimate of drug-likeness (QED) is 0.401. The Morgan fingerprint density at radius 1 is 1.19 bits per heavy atom. The van der Waals surface area contributed by atoms with Crippen LogP contribution in [-0.2, 0) is 14.4 Å². The fourth-order valence-corrected chi connectivity index (χ4v) is 1.11. The highest BCUT2D eigenvalue weighted by Gasteiger charge is 2.25. The molecule has 0 spiro atoms. The maximum atomic E-state index is 11.3. The van der Waals surface area contributed by atoms with Crippen molar-refractivity contribution >= 4 is 17.7 Å². The van der Waals surface area contributed by atoms with Gasteiger partial charge in [0.05, 0.1) is 0 Å². The van der Waals surface area contributed by atoms with Crippen LogP contribution >= 0.6 is 0 Å². The van der Waals surface area contributed by atoms with Crippen LogP contribution in [0.1, 0.15) is 20.3 Å². The molecule has 0 aromatic carbocycles.